The summed E-state index contributed by atoms with van der Waals surface area (Å²) in [6, 6.07) is 16.9. The van der Waals surface area contributed by atoms with Gasteiger partial charge in [-0.3, -0.25) is 4.79 Å². The third-order valence-electron chi connectivity index (χ3n) is 2.51. The minimum absolute atomic E-state index is 0.0909. The first-order chi connectivity index (χ1) is 8.29. The van der Waals surface area contributed by atoms with Gasteiger partial charge in [0, 0.05) is 11.3 Å². The van der Waals surface area contributed by atoms with Crippen LogP contribution in [0.25, 0.3) is 0 Å². The Hall–Kier alpha value is -2.09. The molecule has 0 spiro atoms. The Kier molecular flexibility index (Phi) is 3.55. The summed E-state index contributed by atoms with van der Waals surface area (Å²) in [4.78, 5) is 11.9. The van der Waals surface area contributed by atoms with Gasteiger partial charge in [-0.25, -0.2) is 0 Å². The van der Waals surface area contributed by atoms with Gasteiger partial charge in [0.1, 0.15) is 0 Å². The van der Waals surface area contributed by atoms with Crippen molar-refractivity contribution in [1.29, 1.82) is 0 Å². The number of rotatable bonds is 3. The van der Waals surface area contributed by atoms with Crippen LogP contribution in [0, 0.1) is 6.92 Å². The fourth-order valence-corrected chi connectivity index (χ4v) is 1.60. The zero-order valence-electron chi connectivity index (χ0n) is 9.52. The van der Waals surface area contributed by atoms with Crippen molar-refractivity contribution in [3.05, 3.63) is 72.6 Å². The summed E-state index contributed by atoms with van der Waals surface area (Å²) in [5.74, 6) is -0.0909. The maximum absolute atomic E-state index is 11.9. The molecular formula is C15H14NO. The van der Waals surface area contributed by atoms with Crippen LogP contribution in [0.2, 0.25) is 0 Å². The van der Waals surface area contributed by atoms with E-state index in [4.69, 9.17) is 0 Å². The van der Waals surface area contributed by atoms with Gasteiger partial charge >= 0.3 is 0 Å². The minimum Gasteiger partial charge on any atom is -0.322 e. The van der Waals surface area contributed by atoms with Crippen molar-refractivity contribution in [2.75, 3.05) is 5.32 Å². The van der Waals surface area contributed by atoms with Crippen molar-refractivity contribution < 1.29 is 4.79 Å². The zero-order chi connectivity index (χ0) is 12.1. The Labute approximate surface area is 101 Å². The summed E-state index contributed by atoms with van der Waals surface area (Å²) in [6.07, 6.45) is 0.717. The molecule has 2 aromatic carbocycles. The molecule has 0 aliphatic carbocycles. The van der Waals surface area contributed by atoms with Gasteiger partial charge in [0.25, 0.3) is 5.91 Å². The predicted molar refractivity (Wildman–Crippen MR) is 69.9 cm³/mol. The van der Waals surface area contributed by atoms with Crippen LogP contribution < -0.4 is 5.32 Å². The SMILES string of the molecule is [CH2]Cc1cccc(NC(=O)c2ccccc2)c1. The second-order valence-corrected chi connectivity index (χ2v) is 3.77. The molecule has 0 saturated heterocycles. The van der Waals surface area contributed by atoms with Crippen LogP contribution >= 0.6 is 0 Å². The molecule has 1 radical (unpaired) electrons. The molecule has 0 fully saturated rings. The van der Waals surface area contributed by atoms with Crippen molar-refractivity contribution in [2.45, 2.75) is 6.42 Å². The van der Waals surface area contributed by atoms with Crippen LogP contribution in [0.4, 0.5) is 5.69 Å². The number of benzene rings is 2. The van der Waals surface area contributed by atoms with E-state index >= 15 is 0 Å². The molecular weight excluding hydrogens is 210 g/mol. The molecule has 1 amide bonds. The van der Waals surface area contributed by atoms with Crippen LogP contribution in [0.1, 0.15) is 15.9 Å². The average Bonchev–Trinajstić information content (AvgIpc) is 2.40. The lowest BCUT2D eigenvalue weighted by Gasteiger charge is -2.06. The average molecular weight is 224 g/mol. The Morgan fingerprint density at radius 2 is 1.82 bits per heavy atom. The molecule has 0 atom stereocenters. The first-order valence-electron chi connectivity index (χ1n) is 5.54. The lowest BCUT2D eigenvalue weighted by molar-refractivity contribution is 0.102. The summed E-state index contributed by atoms with van der Waals surface area (Å²) in [5, 5.41) is 2.87. The molecule has 17 heavy (non-hydrogen) atoms. The van der Waals surface area contributed by atoms with Gasteiger partial charge in [-0.15, -0.1) is 0 Å². The Morgan fingerprint density at radius 1 is 1.06 bits per heavy atom. The van der Waals surface area contributed by atoms with Crippen molar-refractivity contribution >= 4 is 11.6 Å². The van der Waals surface area contributed by atoms with E-state index in [1.807, 2.05) is 42.5 Å². The van der Waals surface area contributed by atoms with Crippen LogP contribution in [-0.4, -0.2) is 5.91 Å². The van der Waals surface area contributed by atoms with Crippen molar-refractivity contribution in [3.63, 3.8) is 0 Å². The molecule has 1 N–H and O–H groups in total. The topological polar surface area (TPSA) is 29.1 Å². The number of hydrogen-bond donors (Lipinski definition) is 1. The fraction of sp³-hybridized carbons (Fsp3) is 0.0667. The first-order valence-corrected chi connectivity index (χ1v) is 5.54. The highest BCUT2D eigenvalue weighted by Crippen LogP contribution is 2.12. The van der Waals surface area contributed by atoms with Crippen LogP contribution in [0.3, 0.4) is 0 Å². The van der Waals surface area contributed by atoms with E-state index in [0.717, 1.165) is 17.7 Å². The van der Waals surface area contributed by atoms with Crippen LogP contribution in [0.15, 0.2) is 54.6 Å². The monoisotopic (exact) mass is 224 g/mol. The van der Waals surface area contributed by atoms with E-state index in [2.05, 4.69) is 12.2 Å². The molecule has 0 unspecified atom stereocenters. The molecule has 0 heterocycles. The number of carbonyl (C=O) groups excluding carboxylic acids is 1. The highest BCUT2D eigenvalue weighted by atomic mass is 16.1. The largest absolute Gasteiger partial charge is 0.322 e. The van der Waals surface area contributed by atoms with Crippen LogP contribution in [-0.2, 0) is 6.42 Å². The third kappa shape index (κ3) is 2.94. The van der Waals surface area contributed by atoms with Crippen molar-refractivity contribution in [3.8, 4) is 0 Å². The van der Waals surface area contributed by atoms with E-state index in [-0.39, 0.29) is 5.91 Å². The van der Waals surface area contributed by atoms with Gasteiger partial charge in [-0.2, -0.15) is 0 Å². The van der Waals surface area contributed by atoms with E-state index in [0.29, 0.717) is 5.56 Å². The number of amides is 1. The summed E-state index contributed by atoms with van der Waals surface area (Å²) < 4.78 is 0. The second kappa shape index (κ2) is 5.30. The summed E-state index contributed by atoms with van der Waals surface area (Å²) >= 11 is 0. The molecule has 85 valence electrons. The van der Waals surface area contributed by atoms with E-state index in [1.165, 1.54) is 0 Å². The highest BCUT2D eigenvalue weighted by Gasteiger charge is 2.04. The number of anilines is 1. The normalized spacial score (nSPS) is 9.94. The van der Waals surface area contributed by atoms with Crippen molar-refractivity contribution in [1.82, 2.24) is 0 Å². The first kappa shape index (κ1) is 11.4. The molecule has 2 nitrogen and oxygen atoms in total. The standard InChI is InChI=1S/C15H14NO/c1-2-12-7-6-10-14(11-12)16-15(17)13-8-4-3-5-9-13/h3-11H,1-2H2,(H,16,17). The lowest BCUT2D eigenvalue weighted by Crippen LogP contribution is -2.11. The predicted octanol–water partition coefficient (Wildman–Crippen LogP) is 3.32. The maximum atomic E-state index is 11.9. The van der Waals surface area contributed by atoms with Gasteiger partial charge in [-0.1, -0.05) is 30.3 Å². The molecule has 0 saturated carbocycles. The quantitative estimate of drug-likeness (QED) is 0.851. The molecule has 2 heteroatoms. The summed E-state index contributed by atoms with van der Waals surface area (Å²) in [6.45, 7) is 3.82. The molecule has 2 rings (SSSR count). The molecule has 0 aliphatic rings. The Morgan fingerprint density at radius 3 is 2.53 bits per heavy atom. The van der Waals surface area contributed by atoms with Crippen LogP contribution in [0.5, 0.6) is 0 Å². The van der Waals surface area contributed by atoms with E-state index in [1.54, 1.807) is 12.1 Å². The number of nitrogens with one attached hydrogen (secondary N) is 1. The highest BCUT2D eigenvalue weighted by molar-refractivity contribution is 6.04. The number of hydrogen-bond acceptors (Lipinski definition) is 1. The lowest BCUT2D eigenvalue weighted by atomic mass is 10.1. The van der Waals surface area contributed by atoms with Gasteiger partial charge in [0.05, 0.1) is 0 Å². The molecule has 0 aromatic heterocycles. The van der Waals surface area contributed by atoms with E-state index < -0.39 is 0 Å². The van der Waals surface area contributed by atoms with Gasteiger partial charge < -0.3 is 5.32 Å². The minimum atomic E-state index is -0.0909. The van der Waals surface area contributed by atoms with Gasteiger partial charge in [-0.05, 0) is 43.2 Å². The van der Waals surface area contributed by atoms with Gasteiger partial charge in [0.2, 0.25) is 0 Å². The molecule has 0 bridgehead atoms. The summed E-state index contributed by atoms with van der Waals surface area (Å²) in [7, 11) is 0. The van der Waals surface area contributed by atoms with E-state index in [9.17, 15) is 4.79 Å². The van der Waals surface area contributed by atoms with Gasteiger partial charge in [0.15, 0.2) is 0 Å². The summed E-state index contributed by atoms with van der Waals surface area (Å²) in [5.41, 5.74) is 2.57. The third-order valence-corrected chi connectivity index (χ3v) is 2.51. The number of carbonyl (C=O) groups is 1. The Bertz CT molecular complexity index is 505. The fourth-order valence-electron chi connectivity index (χ4n) is 1.60. The molecule has 2 aromatic rings. The molecule has 0 aliphatic heterocycles. The maximum Gasteiger partial charge on any atom is 0.255 e. The van der Waals surface area contributed by atoms with Crippen molar-refractivity contribution in [2.24, 2.45) is 0 Å². The second-order valence-electron chi connectivity index (χ2n) is 3.77. The smallest absolute Gasteiger partial charge is 0.255 e. The Balaban J connectivity index is 2.13. The zero-order valence-corrected chi connectivity index (χ0v) is 9.52.